The van der Waals surface area contributed by atoms with E-state index < -0.39 is 16.9 Å². The Morgan fingerprint density at radius 2 is 2.14 bits per heavy atom. The molecule has 1 aliphatic heterocycles. The third-order valence-electron chi connectivity index (χ3n) is 4.01. The minimum atomic E-state index is -0.834. The minimum Gasteiger partial charge on any atom is -0.369 e. The summed E-state index contributed by atoms with van der Waals surface area (Å²) < 4.78 is 0. The highest BCUT2D eigenvalue weighted by Gasteiger charge is 2.40. The maximum absolute atomic E-state index is 12.1. The maximum atomic E-state index is 12.1. The van der Waals surface area contributed by atoms with Gasteiger partial charge in [0.1, 0.15) is 5.54 Å². The molecular weight excluding hydrogens is 280 g/mol. The fourth-order valence-corrected chi connectivity index (χ4v) is 2.52. The normalized spacial score (nSPS) is 22.5. The fourth-order valence-electron chi connectivity index (χ4n) is 2.52. The van der Waals surface area contributed by atoms with Gasteiger partial charge in [0, 0.05) is 25.0 Å². The predicted octanol–water partition coefficient (Wildman–Crippen LogP) is 0.833. The molecule has 0 aromatic carbocycles. The molecule has 0 aliphatic carbocycles. The molecule has 0 spiro atoms. The number of primary amides is 1. The molecular formula is C16H27N4O2. The van der Waals surface area contributed by atoms with Crippen molar-refractivity contribution < 1.29 is 9.59 Å². The number of hydrogen-bond acceptors (Lipinski definition) is 4. The highest BCUT2D eigenvalue weighted by molar-refractivity contribution is 5.87. The number of rotatable bonds is 7. The number of amides is 2. The third-order valence-corrected chi connectivity index (χ3v) is 4.01. The third kappa shape index (κ3) is 4.99. The van der Waals surface area contributed by atoms with Gasteiger partial charge in [-0.05, 0) is 18.8 Å². The van der Waals surface area contributed by atoms with E-state index in [0.717, 1.165) is 13.1 Å². The topological polar surface area (TPSA) is 99.2 Å². The summed E-state index contributed by atoms with van der Waals surface area (Å²) in [4.78, 5) is 25.5. The zero-order chi connectivity index (χ0) is 17.0. The van der Waals surface area contributed by atoms with Crippen LogP contribution in [-0.4, -0.2) is 41.9 Å². The van der Waals surface area contributed by atoms with Gasteiger partial charge in [0.25, 0.3) is 0 Å². The molecule has 1 aliphatic rings. The number of carbonyl (C=O) groups is 2. The van der Waals surface area contributed by atoms with Gasteiger partial charge in [0.05, 0.1) is 12.5 Å². The van der Waals surface area contributed by atoms with Crippen molar-refractivity contribution in [2.24, 2.45) is 17.1 Å². The van der Waals surface area contributed by atoms with Crippen molar-refractivity contribution in [1.29, 1.82) is 5.26 Å². The molecule has 0 saturated carbocycles. The first kappa shape index (κ1) is 18.4. The van der Waals surface area contributed by atoms with Crippen molar-refractivity contribution in [2.75, 3.05) is 19.6 Å². The van der Waals surface area contributed by atoms with Gasteiger partial charge in [0.15, 0.2) is 0 Å². The van der Waals surface area contributed by atoms with Crippen LogP contribution in [0.3, 0.4) is 0 Å². The summed E-state index contributed by atoms with van der Waals surface area (Å²) in [5.41, 5.74) is 3.69. The van der Waals surface area contributed by atoms with Crippen molar-refractivity contribution in [1.82, 2.24) is 10.2 Å². The molecule has 123 valence electrons. The minimum absolute atomic E-state index is 0.255. The van der Waals surface area contributed by atoms with E-state index in [1.54, 1.807) is 13.8 Å². The molecule has 2 amide bonds. The number of nitrogens with two attached hydrogens (primary N) is 1. The summed E-state index contributed by atoms with van der Waals surface area (Å²) in [7, 11) is 0. The van der Waals surface area contributed by atoms with Crippen molar-refractivity contribution >= 4 is 11.8 Å². The van der Waals surface area contributed by atoms with Gasteiger partial charge in [-0.15, -0.1) is 0 Å². The molecule has 0 bridgehead atoms. The van der Waals surface area contributed by atoms with E-state index in [0.29, 0.717) is 18.9 Å². The second-order valence-electron chi connectivity index (χ2n) is 7.22. The second-order valence-corrected chi connectivity index (χ2v) is 7.22. The van der Waals surface area contributed by atoms with Gasteiger partial charge in [0.2, 0.25) is 11.8 Å². The average molecular weight is 307 g/mol. The Morgan fingerprint density at radius 1 is 1.50 bits per heavy atom. The average Bonchev–Trinajstić information content (AvgIpc) is 2.79. The molecule has 6 heteroatoms. The van der Waals surface area contributed by atoms with Gasteiger partial charge in [-0.25, -0.2) is 0 Å². The van der Waals surface area contributed by atoms with Crippen LogP contribution in [0, 0.1) is 29.1 Å². The Balaban J connectivity index is 2.55. The van der Waals surface area contributed by atoms with Gasteiger partial charge in [-0.1, -0.05) is 27.7 Å². The van der Waals surface area contributed by atoms with Crippen LogP contribution in [0.5, 0.6) is 0 Å². The van der Waals surface area contributed by atoms with Crippen molar-refractivity contribution in [2.45, 2.75) is 46.1 Å². The summed E-state index contributed by atoms with van der Waals surface area (Å²) in [5.74, 6) is -0.245. The van der Waals surface area contributed by atoms with Gasteiger partial charge in [-0.2, -0.15) is 5.26 Å². The second kappa shape index (κ2) is 7.10. The summed E-state index contributed by atoms with van der Waals surface area (Å²) in [5, 5.41) is 12.3. The van der Waals surface area contributed by atoms with Crippen LogP contribution in [0.2, 0.25) is 0 Å². The highest BCUT2D eigenvalue weighted by Crippen LogP contribution is 2.24. The van der Waals surface area contributed by atoms with E-state index in [4.69, 9.17) is 5.73 Å². The first-order valence-corrected chi connectivity index (χ1v) is 7.69. The standard InChI is InChI=1S/C16H27N4O2/c1-12(2)9-20-8-7-16(10-17,11-20)19-13(21)5-6-15(3,4)14(18)22/h5,12H,6-9,11H2,1-4H3,(H2,18,22)(H,19,21). The molecule has 1 radical (unpaired) electrons. The molecule has 1 heterocycles. The molecule has 1 unspecified atom stereocenters. The SMILES string of the molecule is CC(C)CN1CCC(C#N)(NC(=O)[CH]CC(C)(C)C(N)=O)C1. The lowest BCUT2D eigenvalue weighted by Crippen LogP contribution is -2.50. The van der Waals surface area contributed by atoms with Crippen molar-refractivity contribution in [3.8, 4) is 6.07 Å². The van der Waals surface area contributed by atoms with Crippen LogP contribution < -0.4 is 11.1 Å². The summed E-state index contributed by atoms with van der Waals surface area (Å²) in [6, 6.07) is 2.25. The van der Waals surface area contributed by atoms with Crippen molar-refractivity contribution in [3.63, 3.8) is 0 Å². The molecule has 1 fully saturated rings. The van der Waals surface area contributed by atoms with Crippen molar-refractivity contribution in [3.05, 3.63) is 6.42 Å². The number of carbonyl (C=O) groups excluding carboxylic acids is 2. The first-order valence-electron chi connectivity index (χ1n) is 7.69. The number of nitriles is 1. The fraction of sp³-hybridized carbons (Fsp3) is 0.750. The summed E-state index contributed by atoms with van der Waals surface area (Å²) in [6.07, 6.45) is 2.29. The Labute approximate surface area is 133 Å². The first-order chi connectivity index (χ1) is 10.1. The maximum Gasteiger partial charge on any atom is 0.225 e. The molecule has 1 rings (SSSR count). The number of likely N-dealkylation sites (tertiary alicyclic amines) is 1. The molecule has 3 N–H and O–H groups in total. The Hall–Kier alpha value is -1.61. The molecule has 1 atom stereocenters. The monoisotopic (exact) mass is 307 g/mol. The number of nitrogens with zero attached hydrogens (tertiary/aromatic N) is 2. The van der Waals surface area contributed by atoms with E-state index in [1.807, 2.05) is 0 Å². The lowest BCUT2D eigenvalue weighted by Gasteiger charge is -2.25. The van der Waals surface area contributed by atoms with Gasteiger partial charge in [-0.3, -0.25) is 14.5 Å². The van der Waals surface area contributed by atoms with E-state index in [9.17, 15) is 14.9 Å². The van der Waals surface area contributed by atoms with E-state index in [2.05, 4.69) is 30.1 Å². The molecule has 0 aromatic heterocycles. The number of nitrogens with one attached hydrogen (secondary N) is 1. The largest absolute Gasteiger partial charge is 0.369 e. The molecule has 22 heavy (non-hydrogen) atoms. The van der Waals surface area contributed by atoms with Crippen LogP contribution >= 0.6 is 0 Å². The Bertz CT molecular complexity index is 467. The van der Waals surface area contributed by atoms with E-state index in [1.165, 1.54) is 6.42 Å². The Morgan fingerprint density at radius 3 is 2.64 bits per heavy atom. The van der Waals surface area contributed by atoms with Crippen LogP contribution in [0.25, 0.3) is 0 Å². The lowest BCUT2D eigenvalue weighted by atomic mass is 9.87. The van der Waals surface area contributed by atoms with Crippen LogP contribution in [0.15, 0.2) is 0 Å². The van der Waals surface area contributed by atoms with E-state index >= 15 is 0 Å². The van der Waals surface area contributed by atoms with Crippen LogP contribution in [0.1, 0.15) is 40.5 Å². The molecule has 1 saturated heterocycles. The number of hydrogen-bond donors (Lipinski definition) is 2. The predicted molar refractivity (Wildman–Crippen MR) is 84.3 cm³/mol. The quantitative estimate of drug-likeness (QED) is 0.727. The lowest BCUT2D eigenvalue weighted by molar-refractivity contribution is -0.126. The van der Waals surface area contributed by atoms with Crippen LogP contribution in [-0.2, 0) is 9.59 Å². The van der Waals surface area contributed by atoms with Gasteiger partial charge < -0.3 is 11.1 Å². The molecule has 6 nitrogen and oxygen atoms in total. The van der Waals surface area contributed by atoms with E-state index in [-0.39, 0.29) is 12.3 Å². The smallest absolute Gasteiger partial charge is 0.225 e. The zero-order valence-electron chi connectivity index (χ0n) is 14.0. The van der Waals surface area contributed by atoms with Gasteiger partial charge >= 0.3 is 0 Å². The summed E-state index contributed by atoms with van der Waals surface area (Å²) in [6.45, 7) is 9.91. The zero-order valence-corrected chi connectivity index (χ0v) is 14.0. The molecule has 0 aromatic rings. The summed E-state index contributed by atoms with van der Waals surface area (Å²) >= 11 is 0. The Kier molecular flexibility index (Phi) is 5.95. The highest BCUT2D eigenvalue weighted by atomic mass is 16.2. The van der Waals surface area contributed by atoms with Crippen LogP contribution in [0.4, 0.5) is 0 Å².